The summed E-state index contributed by atoms with van der Waals surface area (Å²) >= 11 is 0. The monoisotopic (exact) mass is 413 g/mol. The molecule has 0 spiro atoms. The maximum Gasteiger partial charge on any atom is 0.319 e. The third-order valence-electron chi connectivity index (χ3n) is 6.87. The summed E-state index contributed by atoms with van der Waals surface area (Å²) in [4.78, 5) is 36.3. The van der Waals surface area contributed by atoms with Crippen LogP contribution in [0.3, 0.4) is 0 Å². The van der Waals surface area contributed by atoms with Crippen LogP contribution >= 0.6 is 0 Å². The Morgan fingerprint density at radius 3 is 2.43 bits per heavy atom. The molecule has 7 nitrogen and oxygen atoms in total. The molecule has 1 aromatic rings. The van der Waals surface area contributed by atoms with E-state index >= 15 is 0 Å². The summed E-state index contributed by atoms with van der Waals surface area (Å²) in [7, 11) is 0. The van der Waals surface area contributed by atoms with Crippen molar-refractivity contribution in [3.05, 3.63) is 30.1 Å². The van der Waals surface area contributed by atoms with Gasteiger partial charge in [-0.2, -0.15) is 0 Å². The van der Waals surface area contributed by atoms with Gasteiger partial charge in [-0.3, -0.25) is 14.7 Å². The van der Waals surface area contributed by atoms with Crippen LogP contribution in [0.25, 0.3) is 0 Å². The van der Waals surface area contributed by atoms with Gasteiger partial charge in [0.05, 0.1) is 18.2 Å². The maximum atomic E-state index is 12.7. The van der Waals surface area contributed by atoms with Crippen LogP contribution in [0.4, 0.5) is 4.79 Å². The smallest absolute Gasteiger partial charge is 0.319 e. The lowest BCUT2D eigenvalue weighted by Gasteiger charge is -2.43. The Hall–Kier alpha value is -2.15. The lowest BCUT2D eigenvalue weighted by Crippen LogP contribution is -2.53. The normalized spacial score (nSPS) is 23.9. The summed E-state index contributed by atoms with van der Waals surface area (Å²) < 4.78 is 0. The summed E-state index contributed by atoms with van der Waals surface area (Å²) in [6.07, 6.45) is 9.33. The van der Waals surface area contributed by atoms with E-state index in [0.29, 0.717) is 12.6 Å². The Kier molecular flexibility index (Phi) is 7.20. The number of pyridine rings is 1. The SMILES string of the molecule is O=C(NCc1ccccn1)C1CCCN(C2CCN(C(=O)N3CCCCC3)CC2)C1. The lowest BCUT2D eigenvalue weighted by atomic mass is 9.93. The number of amides is 3. The molecule has 1 atom stereocenters. The molecule has 4 heterocycles. The van der Waals surface area contributed by atoms with Crippen molar-refractivity contribution in [2.45, 2.75) is 57.5 Å². The largest absolute Gasteiger partial charge is 0.350 e. The zero-order valence-corrected chi connectivity index (χ0v) is 18.0. The fraction of sp³-hybridized carbons (Fsp3) is 0.696. The topological polar surface area (TPSA) is 68.8 Å². The molecule has 0 aliphatic carbocycles. The van der Waals surface area contributed by atoms with Crippen LogP contribution in [-0.4, -0.2) is 76.9 Å². The Balaban J connectivity index is 1.23. The van der Waals surface area contributed by atoms with E-state index in [1.54, 1.807) is 6.20 Å². The number of rotatable bonds is 4. The summed E-state index contributed by atoms with van der Waals surface area (Å²) in [6.45, 7) is 5.90. The molecule has 164 valence electrons. The van der Waals surface area contributed by atoms with Gasteiger partial charge >= 0.3 is 6.03 Å². The van der Waals surface area contributed by atoms with E-state index in [1.807, 2.05) is 28.0 Å². The molecule has 0 aromatic carbocycles. The lowest BCUT2D eigenvalue weighted by molar-refractivity contribution is -0.127. The molecule has 0 radical (unpaired) electrons. The van der Waals surface area contributed by atoms with Crippen LogP contribution in [0.5, 0.6) is 0 Å². The zero-order valence-electron chi connectivity index (χ0n) is 18.0. The van der Waals surface area contributed by atoms with Gasteiger partial charge in [0.15, 0.2) is 0 Å². The van der Waals surface area contributed by atoms with Crippen molar-refractivity contribution in [2.24, 2.45) is 5.92 Å². The van der Waals surface area contributed by atoms with Gasteiger partial charge in [0, 0.05) is 45.0 Å². The van der Waals surface area contributed by atoms with Crippen LogP contribution in [0.1, 0.15) is 50.6 Å². The Morgan fingerprint density at radius 2 is 1.70 bits per heavy atom. The number of aromatic nitrogens is 1. The van der Waals surface area contributed by atoms with Crippen LogP contribution in [0.2, 0.25) is 0 Å². The van der Waals surface area contributed by atoms with Gasteiger partial charge in [0.1, 0.15) is 0 Å². The first-order chi connectivity index (χ1) is 14.7. The van der Waals surface area contributed by atoms with E-state index < -0.39 is 0 Å². The molecule has 1 aromatic heterocycles. The third kappa shape index (κ3) is 5.31. The summed E-state index contributed by atoms with van der Waals surface area (Å²) in [5, 5.41) is 3.06. The molecule has 3 amide bonds. The first-order valence-corrected chi connectivity index (χ1v) is 11.7. The number of urea groups is 1. The van der Waals surface area contributed by atoms with E-state index in [1.165, 1.54) is 6.42 Å². The van der Waals surface area contributed by atoms with Gasteiger partial charge < -0.3 is 15.1 Å². The summed E-state index contributed by atoms with van der Waals surface area (Å²) in [6, 6.07) is 6.49. The molecular weight excluding hydrogens is 378 g/mol. The number of nitrogens with one attached hydrogen (secondary N) is 1. The van der Waals surface area contributed by atoms with Crippen molar-refractivity contribution < 1.29 is 9.59 Å². The van der Waals surface area contributed by atoms with Crippen molar-refractivity contribution in [1.82, 2.24) is 25.0 Å². The van der Waals surface area contributed by atoms with Gasteiger partial charge in [-0.1, -0.05) is 6.07 Å². The van der Waals surface area contributed by atoms with Gasteiger partial charge in [-0.05, 0) is 63.6 Å². The predicted octanol–water partition coefficient (Wildman–Crippen LogP) is 2.48. The number of nitrogens with zero attached hydrogens (tertiary/aromatic N) is 4. The van der Waals surface area contributed by atoms with Crippen molar-refractivity contribution in [3.63, 3.8) is 0 Å². The number of carbonyl (C=O) groups excluding carboxylic acids is 2. The van der Waals surface area contributed by atoms with E-state index in [4.69, 9.17) is 0 Å². The number of hydrogen-bond acceptors (Lipinski definition) is 4. The van der Waals surface area contributed by atoms with Crippen LogP contribution in [0.15, 0.2) is 24.4 Å². The van der Waals surface area contributed by atoms with Crippen molar-refractivity contribution >= 4 is 11.9 Å². The van der Waals surface area contributed by atoms with Crippen LogP contribution in [-0.2, 0) is 11.3 Å². The second-order valence-corrected chi connectivity index (χ2v) is 8.92. The fourth-order valence-corrected chi connectivity index (χ4v) is 5.08. The number of hydrogen-bond donors (Lipinski definition) is 1. The average molecular weight is 414 g/mol. The molecule has 3 fully saturated rings. The average Bonchev–Trinajstić information content (AvgIpc) is 2.83. The molecule has 1 unspecified atom stereocenters. The van der Waals surface area contributed by atoms with Gasteiger partial charge in [0.2, 0.25) is 5.91 Å². The number of carbonyl (C=O) groups is 2. The third-order valence-corrected chi connectivity index (χ3v) is 6.87. The molecule has 3 saturated heterocycles. The van der Waals surface area contributed by atoms with Gasteiger partial charge in [-0.25, -0.2) is 4.79 Å². The molecule has 0 saturated carbocycles. The highest BCUT2D eigenvalue weighted by Gasteiger charge is 2.33. The summed E-state index contributed by atoms with van der Waals surface area (Å²) in [5.74, 6) is 0.193. The zero-order chi connectivity index (χ0) is 20.8. The Bertz CT molecular complexity index is 699. The minimum atomic E-state index is 0.0514. The Morgan fingerprint density at radius 1 is 0.933 bits per heavy atom. The molecule has 1 N–H and O–H groups in total. The van der Waals surface area contributed by atoms with E-state index in [0.717, 1.165) is 83.5 Å². The standard InChI is InChI=1S/C23H35N5O2/c29-22(25-17-20-8-2-3-11-24-20)19-7-6-14-28(18-19)21-9-15-27(16-10-21)23(30)26-12-4-1-5-13-26/h2-3,8,11,19,21H,1,4-7,9-10,12-18H2,(H,25,29). The maximum absolute atomic E-state index is 12.7. The minimum absolute atomic E-state index is 0.0514. The first-order valence-electron chi connectivity index (χ1n) is 11.7. The molecule has 3 aliphatic heterocycles. The van der Waals surface area contributed by atoms with Crippen molar-refractivity contribution in [3.8, 4) is 0 Å². The Labute approximate surface area is 179 Å². The molecule has 0 bridgehead atoms. The number of likely N-dealkylation sites (tertiary alicyclic amines) is 3. The molecular formula is C23H35N5O2. The summed E-state index contributed by atoms with van der Waals surface area (Å²) in [5.41, 5.74) is 0.893. The second kappa shape index (κ2) is 10.2. The quantitative estimate of drug-likeness (QED) is 0.823. The van der Waals surface area contributed by atoms with E-state index in [9.17, 15) is 9.59 Å². The van der Waals surface area contributed by atoms with Crippen LogP contribution < -0.4 is 5.32 Å². The van der Waals surface area contributed by atoms with Crippen LogP contribution in [0, 0.1) is 5.92 Å². The first kappa shape index (κ1) is 21.1. The van der Waals surface area contributed by atoms with Gasteiger partial charge in [-0.15, -0.1) is 0 Å². The number of piperidine rings is 3. The predicted molar refractivity (Wildman–Crippen MR) is 116 cm³/mol. The molecule has 30 heavy (non-hydrogen) atoms. The molecule has 4 rings (SSSR count). The van der Waals surface area contributed by atoms with Crippen molar-refractivity contribution in [2.75, 3.05) is 39.3 Å². The fourth-order valence-electron chi connectivity index (χ4n) is 5.08. The van der Waals surface area contributed by atoms with E-state index in [2.05, 4.69) is 15.2 Å². The molecule has 3 aliphatic rings. The molecule has 7 heteroatoms. The second-order valence-electron chi connectivity index (χ2n) is 8.92. The van der Waals surface area contributed by atoms with Crippen molar-refractivity contribution in [1.29, 1.82) is 0 Å². The highest BCUT2D eigenvalue weighted by Crippen LogP contribution is 2.25. The van der Waals surface area contributed by atoms with Gasteiger partial charge in [0.25, 0.3) is 0 Å². The minimum Gasteiger partial charge on any atom is -0.350 e. The highest BCUT2D eigenvalue weighted by molar-refractivity contribution is 5.79. The highest BCUT2D eigenvalue weighted by atomic mass is 16.2. The van der Waals surface area contributed by atoms with E-state index in [-0.39, 0.29) is 17.9 Å².